The second kappa shape index (κ2) is 9.28. The van der Waals surface area contributed by atoms with Crippen molar-refractivity contribution in [3.8, 4) is 33.7 Å². The number of benzene rings is 5. The summed E-state index contributed by atoms with van der Waals surface area (Å²) in [5.74, 6) is 0.624. The fourth-order valence-corrected chi connectivity index (χ4v) is 4.48. The number of hydrogen-bond acceptors (Lipinski definition) is 2. The van der Waals surface area contributed by atoms with Crippen LogP contribution in [0.4, 0.5) is 0 Å². The summed E-state index contributed by atoms with van der Waals surface area (Å²) in [6, 6.07) is 43.6. The molecule has 0 aliphatic rings. The molecule has 5 aromatic carbocycles. The standard InChI is InChI=1S/C33H23NO/c1-4-12-24(13-5-1)20-21-27-22-23-28(25-14-6-2-7-15-25)32(31(27)26-16-8-3-9-17-26)33-34-29-18-10-11-19-30(29)35-33/h1-23H. The highest BCUT2D eigenvalue weighted by molar-refractivity contribution is 5.98. The van der Waals surface area contributed by atoms with E-state index >= 15 is 0 Å². The maximum atomic E-state index is 6.36. The van der Waals surface area contributed by atoms with E-state index in [4.69, 9.17) is 9.40 Å². The van der Waals surface area contributed by atoms with Gasteiger partial charge in [0.15, 0.2) is 5.58 Å². The quantitative estimate of drug-likeness (QED) is 0.245. The molecule has 1 aromatic heterocycles. The van der Waals surface area contributed by atoms with Gasteiger partial charge in [-0.05, 0) is 39.9 Å². The van der Waals surface area contributed by atoms with Crippen molar-refractivity contribution in [3.63, 3.8) is 0 Å². The summed E-state index contributed by atoms with van der Waals surface area (Å²) in [6.07, 6.45) is 4.33. The molecule has 0 unspecified atom stereocenters. The van der Waals surface area contributed by atoms with E-state index in [-0.39, 0.29) is 0 Å². The van der Waals surface area contributed by atoms with Crippen LogP contribution >= 0.6 is 0 Å². The number of rotatable bonds is 5. The lowest BCUT2D eigenvalue weighted by atomic mass is 9.87. The molecule has 0 radical (unpaired) electrons. The Balaban J connectivity index is 1.66. The Bertz CT molecular complexity index is 1580. The Labute approximate surface area is 204 Å². The zero-order valence-electron chi connectivity index (χ0n) is 19.1. The van der Waals surface area contributed by atoms with Gasteiger partial charge in [0.2, 0.25) is 5.89 Å². The van der Waals surface area contributed by atoms with Gasteiger partial charge in [-0.1, -0.05) is 127 Å². The molecule has 166 valence electrons. The molecular weight excluding hydrogens is 426 g/mol. The van der Waals surface area contributed by atoms with Crippen molar-refractivity contribution >= 4 is 23.3 Å². The van der Waals surface area contributed by atoms with Crippen molar-refractivity contribution in [1.82, 2.24) is 4.98 Å². The van der Waals surface area contributed by atoms with Gasteiger partial charge >= 0.3 is 0 Å². The summed E-state index contributed by atoms with van der Waals surface area (Å²) in [5, 5.41) is 0. The monoisotopic (exact) mass is 449 g/mol. The van der Waals surface area contributed by atoms with Gasteiger partial charge in [-0.3, -0.25) is 0 Å². The van der Waals surface area contributed by atoms with E-state index in [9.17, 15) is 0 Å². The van der Waals surface area contributed by atoms with Crippen molar-refractivity contribution in [2.24, 2.45) is 0 Å². The van der Waals surface area contributed by atoms with Crippen molar-refractivity contribution in [3.05, 3.63) is 139 Å². The van der Waals surface area contributed by atoms with Gasteiger partial charge in [0.1, 0.15) is 5.52 Å². The third-order valence-electron chi connectivity index (χ3n) is 6.15. The van der Waals surface area contributed by atoms with Gasteiger partial charge in [0.25, 0.3) is 0 Å². The Morgan fingerprint density at radius 3 is 1.86 bits per heavy atom. The number of oxazole rings is 1. The molecule has 0 saturated heterocycles. The van der Waals surface area contributed by atoms with Crippen LogP contribution < -0.4 is 0 Å². The average molecular weight is 450 g/mol. The maximum absolute atomic E-state index is 6.36. The maximum Gasteiger partial charge on any atom is 0.228 e. The SMILES string of the molecule is C(=Cc1ccc(-c2ccccc2)c(-c2nc3ccccc3o2)c1-c1ccccc1)c1ccccc1. The summed E-state index contributed by atoms with van der Waals surface area (Å²) >= 11 is 0. The Morgan fingerprint density at radius 1 is 0.514 bits per heavy atom. The molecule has 6 aromatic rings. The molecule has 2 heteroatoms. The zero-order valence-corrected chi connectivity index (χ0v) is 19.1. The second-order valence-corrected chi connectivity index (χ2v) is 8.42. The first-order valence-electron chi connectivity index (χ1n) is 11.7. The Kier molecular flexibility index (Phi) is 5.54. The number of fused-ring (bicyclic) bond motifs is 1. The normalized spacial score (nSPS) is 11.3. The van der Waals surface area contributed by atoms with Crippen molar-refractivity contribution < 1.29 is 4.42 Å². The second-order valence-electron chi connectivity index (χ2n) is 8.42. The molecular formula is C33H23NO. The van der Waals surface area contributed by atoms with E-state index in [1.807, 2.05) is 42.5 Å². The minimum Gasteiger partial charge on any atom is -0.436 e. The fourth-order valence-electron chi connectivity index (χ4n) is 4.48. The van der Waals surface area contributed by atoms with Crippen LogP contribution in [0, 0.1) is 0 Å². The van der Waals surface area contributed by atoms with Crippen molar-refractivity contribution in [1.29, 1.82) is 0 Å². The third-order valence-corrected chi connectivity index (χ3v) is 6.15. The minimum atomic E-state index is 0.624. The van der Waals surface area contributed by atoms with E-state index in [0.29, 0.717) is 5.89 Å². The largest absolute Gasteiger partial charge is 0.436 e. The number of hydrogen-bond donors (Lipinski definition) is 0. The first-order chi connectivity index (χ1) is 17.4. The van der Waals surface area contributed by atoms with Gasteiger partial charge in [-0.2, -0.15) is 0 Å². The van der Waals surface area contributed by atoms with Crippen LogP contribution in [0.15, 0.2) is 132 Å². The van der Waals surface area contributed by atoms with Gasteiger partial charge in [-0.15, -0.1) is 0 Å². The van der Waals surface area contributed by atoms with Gasteiger partial charge < -0.3 is 4.42 Å². The Hall–Kier alpha value is -4.69. The summed E-state index contributed by atoms with van der Waals surface area (Å²) in [7, 11) is 0. The fraction of sp³-hybridized carbons (Fsp3) is 0. The lowest BCUT2D eigenvalue weighted by Gasteiger charge is -2.16. The van der Waals surface area contributed by atoms with Crippen molar-refractivity contribution in [2.45, 2.75) is 0 Å². The molecule has 35 heavy (non-hydrogen) atoms. The molecule has 0 spiro atoms. The van der Waals surface area contributed by atoms with Gasteiger partial charge in [0, 0.05) is 5.56 Å². The lowest BCUT2D eigenvalue weighted by molar-refractivity contribution is 0.620. The summed E-state index contributed by atoms with van der Waals surface area (Å²) in [5.41, 5.74) is 9.33. The minimum absolute atomic E-state index is 0.624. The third kappa shape index (κ3) is 4.18. The molecule has 0 N–H and O–H groups in total. The number of nitrogens with zero attached hydrogens (tertiary/aromatic N) is 1. The first-order valence-corrected chi connectivity index (χ1v) is 11.7. The average Bonchev–Trinajstić information content (AvgIpc) is 3.37. The molecule has 0 saturated carbocycles. The van der Waals surface area contributed by atoms with Crippen LogP contribution in [-0.2, 0) is 0 Å². The van der Waals surface area contributed by atoms with E-state index in [0.717, 1.165) is 50.0 Å². The predicted molar refractivity (Wildman–Crippen MR) is 146 cm³/mol. The van der Waals surface area contributed by atoms with Crippen molar-refractivity contribution in [2.75, 3.05) is 0 Å². The smallest absolute Gasteiger partial charge is 0.228 e. The molecule has 0 fully saturated rings. The molecule has 0 aliphatic carbocycles. The predicted octanol–water partition coefficient (Wildman–Crippen LogP) is 9.00. The van der Waals surface area contributed by atoms with E-state index in [1.165, 1.54) is 0 Å². The van der Waals surface area contributed by atoms with Crippen LogP contribution in [0.25, 0.3) is 57.0 Å². The highest BCUT2D eigenvalue weighted by Gasteiger charge is 2.21. The van der Waals surface area contributed by atoms with E-state index < -0.39 is 0 Å². The molecule has 1 heterocycles. The summed E-state index contributed by atoms with van der Waals surface area (Å²) in [6.45, 7) is 0. The lowest BCUT2D eigenvalue weighted by Crippen LogP contribution is -1.94. The molecule has 6 rings (SSSR count). The van der Waals surface area contributed by atoms with Gasteiger partial charge in [0.05, 0.1) is 5.56 Å². The number of para-hydroxylation sites is 2. The Morgan fingerprint density at radius 2 is 1.14 bits per heavy atom. The highest BCUT2D eigenvalue weighted by atomic mass is 16.3. The van der Waals surface area contributed by atoms with Crippen LogP contribution in [0.1, 0.15) is 11.1 Å². The number of aromatic nitrogens is 1. The first kappa shape index (κ1) is 20.9. The van der Waals surface area contributed by atoms with Crippen LogP contribution in [-0.4, -0.2) is 4.98 Å². The zero-order chi connectivity index (χ0) is 23.5. The topological polar surface area (TPSA) is 26.0 Å². The molecule has 0 aliphatic heterocycles. The molecule has 2 nitrogen and oxygen atoms in total. The van der Waals surface area contributed by atoms with Gasteiger partial charge in [-0.25, -0.2) is 4.98 Å². The van der Waals surface area contributed by atoms with Crippen LogP contribution in [0.5, 0.6) is 0 Å². The molecule has 0 atom stereocenters. The summed E-state index contributed by atoms with van der Waals surface area (Å²) in [4.78, 5) is 4.92. The molecule has 0 amide bonds. The highest BCUT2D eigenvalue weighted by Crippen LogP contribution is 2.43. The van der Waals surface area contributed by atoms with Crippen LogP contribution in [0.3, 0.4) is 0 Å². The summed E-state index contributed by atoms with van der Waals surface area (Å²) < 4.78 is 6.36. The van der Waals surface area contributed by atoms with Crippen LogP contribution in [0.2, 0.25) is 0 Å². The van der Waals surface area contributed by atoms with E-state index in [2.05, 4.69) is 97.1 Å². The van der Waals surface area contributed by atoms with E-state index in [1.54, 1.807) is 0 Å². The molecule has 0 bridgehead atoms.